The minimum absolute atomic E-state index is 0.00733. The molecule has 0 fully saturated rings. The molecule has 0 aromatic heterocycles. The number of azo groups is 2. The molecule has 0 amide bonds. The lowest BCUT2D eigenvalue weighted by molar-refractivity contribution is -0.385. The molecule has 0 atom stereocenters. The Balaban J connectivity index is 1.09. The summed E-state index contributed by atoms with van der Waals surface area (Å²) in [5, 5.41) is 37.9. The van der Waals surface area contributed by atoms with Gasteiger partial charge in [-0.3, -0.25) is 20.2 Å². The number of benzene rings is 4. The van der Waals surface area contributed by atoms with E-state index in [9.17, 15) is 20.2 Å². The van der Waals surface area contributed by atoms with Crippen molar-refractivity contribution in [3.8, 4) is 11.5 Å². The molecule has 4 aromatic carbocycles. The number of nitrogens with zero attached hydrogens (tertiary/aromatic N) is 6. The zero-order valence-corrected chi connectivity index (χ0v) is 21.9. The van der Waals surface area contributed by atoms with Gasteiger partial charge in [0, 0.05) is 24.3 Å². The predicted octanol–water partition coefficient (Wildman–Crippen LogP) is 8.96. The Labute approximate surface area is 235 Å². The fraction of sp³-hybridized carbons (Fsp3) is 0.172. The van der Waals surface area contributed by atoms with E-state index in [-0.39, 0.29) is 11.4 Å². The maximum atomic E-state index is 10.7. The first-order chi connectivity index (χ1) is 20.0. The van der Waals surface area contributed by atoms with Crippen molar-refractivity contribution in [3.63, 3.8) is 0 Å². The van der Waals surface area contributed by atoms with Crippen LogP contribution in [-0.2, 0) is 0 Å². The average molecular weight is 555 g/mol. The SMILES string of the molecule is O=[N+]([O-])c1ccc(N=Nc2ccc(OCCCCCOc3ccc(N=Nc4ccc([N+](=O)[O-])cc4)cc3)cc2)cc1. The molecular formula is C29H26N6O6. The van der Waals surface area contributed by atoms with Gasteiger partial charge in [0.1, 0.15) is 11.5 Å². The molecule has 0 bridgehead atoms. The average Bonchev–Trinajstić information content (AvgIpc) is 3.00. The number of rotatable bonds is 14. The van der Waals surface area contributed by atoms with Crippen LogP contribution in [0.2, 0.25) is 0 Å². The van der Waals surface area contributed by atoms with E-state index in [2.05, 4.69) is 20.5 Å². The molecule has 208 valence electrons. The van der Waals surface area contributed by atoms with E-state index in [1.165, 1.54) is 24.3 Å². The number of hydrogen-bond donors (Lipinski definition) is 0. The molecule has 4 rings (SSSR count). The summed E-state index contributed by atoms with van der Waals surface area (Å²) in [5.74, 6) is 1.47. The summed E-state index contributed by atoms with van der Waals surface area (Å²) in [6.07, 6.45) is 2.71. The first-order valence-electron chi connectivity index (χ1n) is 12.7. The van der Waals surface area contributed by atoms with Crippen molar-refractivity contribution in [2.24, 2.45) is 20.5 Å². The lowest BCUT2D eigenvalue weighted by Gasteiger charge is -2.08. The van der Waals surface area contributed by atoms with Gasteiger partial charge in [-0.25, -0.2) is 0 Å². The zero-order chi connectivity index (χ0) is 28.9. The molecule has 0 aliphatic heterocycles. The Hall–Kier alpha value is -5.52. The Morgan fingerprint density at radius 3 is 1.05 bits per heavy atom. The number of nitro benzene ring substituents is 2. The van der Waals surface area contributed by atoms with E-state index in [0.29, 0.717) is 36.0 Å². The maximum Gasteiger partial charge on any atom is 0.269 e. The largest absolute Gasteiger partial charge is 0.494 e. The van der Waals surface area contributed by atoms with Gasteiger partial charge in [-0.15, -0.1) is 0 Å². The summed E-state index contributed by atoms with van der Waals surface area (Å²) in [4.78, 5) is 20.5. The number of unbranched alkanes of at least 4 members (excludes halogenated alkanes) is 2. The highest BCUT2D eigenvalue weighted by Crippen LogP contribution is 2.24. The number of hydrogen-bond acceptors (Lipinski definition) is 10. The van der Waals surface area contributed by atoms with Crippen LogP contribution in [0.1, 0.15) is 19.3 Å². The van der Waals surface area contributed by atoms with Crippen LogP contribution >= 0.6 is 0 Å². The molecule has 0 N–H and O–H groups in total. The van der Waals surface area contributed by atoms with Gasteiger partial charge in [-0.05, 0) is 92.1 Å². The highest BCUT2D eigenvalue weighted by atomic mass is 16.6. The lowest BCUT2D eigenvalue weighted by Crippen LogP contribution is -2.00. The van der Waals surface area contributed by atoms with E-state index in [1.54, 1.807) is 48.5 Å². The molecule has 0 unspecified atom stereocenters. The minimum atomic E-state index is -0.459. The van der Waals surface area contributed by atoms with Crippen LogP contribution in [0, 0.1) is 20.2 Å². The smallest absolute Gasteiger partial charge is 0.269 e. The van der Waals surface area contributed by atoms with E-state index in [0.717, 1.165) is 30.8 Å². The predicted molar refractivity (Wildman–Crippen MR) is 152 cm³/mol. The summed E-state index contributed by atoms with van der Waals surface area (Å²) in [5.41, 5.74) is 2.36. The molecule has 0 aliphatic rings. The minimum Gasteiger partial charge on any atom is -0.494 e. The molecule has 4 aromatic rings. The van der Waals surface area contributed by atoms with Crippen molar-refractivity contribution in [3.05, 3.63) is 117 Å². The Morgan fingerprint density at radius 1 is 0.463 bits per heavy atom. The highest BCUT2D eigenvalue weighted by Gasteiger charge is 2.04. The van der Waals surface area contributed by atoms with Gasteiger partial charge in [-0.2, -0.15) is 20.5 Å². The van der Waals surface area contributed by atoms with Crippen LogP contribution in [0.25, 0.3) is 0 Å². The standard InChI is InChI=1S/C29H26N6O6/c36-34(37)26-12-4-22(5-13-26)30-32-24-8-16-28(17-9-24)40-20-2-1-3-21-41-29-18-10-25(11-19-29)33-31-23-6-14-27(15-7-23)35(38)39/h4-19H,1-3,20-21H2. The zero-order valence-electron chi connectivity index (χ0n) is 21.9. The molecule has 0 heterocycles. The topological polar surface area (TPSA) is 154 Å². The quantitative estimate of drug-likeness (QED) is 0.0655. The number of nitro groups is 2. The fourth-order valence-corrected chi connectivity index (χ4v) is 3.49. The molecule has 0 radical (unpaired) electrons. The molecule has 41 heavy (non-hydrogen) atoms. The van der Waals surface area contributed by atoms with Crippen LogP contribution in [0.4, 0.5) is 34.1 Å². The third-order valence-corrected chi connectivity index (χ3v) is 5.68. The molecule has 0 saturated carbocycles. The summed E-state index contributed by atoms with van der Waals surface area (Å²) >= 11 is 0. The van der Waals surface area contributed by atoms with Crippen molar-refractivity contribution < 1.29 is 19.3 Å². The van der Waals surface area contributed by atoms with E-state index in [4.69, 9.17) is 9.47 Å². The lowest BCUT2D eigenvalue weighted by atomic mass is 10.2. The van der Waals surface area contributed by atoms with Crippen molar-refractivity contribution in [1.29, 1.82) is 0 Å². The van der Waals surface area contributed by atoms with Gasteiger partial charge < -0.3 is 9.47 Å². The Bertz CT molecular complexity index is 1370. The first kappa shape index (κ1) is 28.5. The number of ether oxygens (including phenoxy) is 2. The maximum absolute atomic E-state index is 10.7. The van der Waals surface area contributed by atoms with E-state index < -0.39 is 9.85 Å². The Morgan fingerprint density at radius 2 is 0.756 bits per heavy atom. The van der Waals surface area contributed by atoms with Gasteiger partial charge in [0.2, 0.25) is 0 Å². The molecular weight excluding hydrogens is 528 g/mol. The van der Waals surface area contributed by atoms with Crippen LogP contribution in [0.15, 0.2) is 118 Å². The highest BCUT2D eigenvalue weighted by molar-refractivity contribution is 5.47. The van der Waals surface area contributed by atoms with Crippen molar-refractivity contribution >= 4 is 34.1 Å². The fourth-order valence-electron chi connectivity index (χ4n) is 3.49. The van der Waals surface area contributed by atoms with Crippen LogP contribution < -0.4 is 9.47 Å². The molecule has 12 heteroatoms. The Kier molecular flexibility index (Phi) is 10.1. The van der Waals surface area contributed by atoms with Crippen LogP contribution in [-0.4, -0.2) is 23.1 Å². The van der Waals surface area contributed by atoms with Crippen LogP contribution in [0.3, 0.4) is 0 Å². The van der Waals surface area contributed by atoms with E-state index in [1.807, 2.05) is 24.3 Å². The van der Waals surface area contributed by atoms with Crippen LogP contribution in [0.5, 0.6) is 11.5 Å². The van der Waals surface area contributed by atoms with Gasteiger partial charge >= 0.3 is 0 Å². The summed E-state index contributed by atoms with van der Waals surface area (Å²) in [6, 6.07) is 26.2. The monoisotopic (exact) mass is 554 g/mol. The number of non-ortho nitro benzene ring substituents is 2. The molecule has 12 nitrogen and oxygen atoms in total. The third kappa shape index (κ3) is 9.32. The third-order valence-electron chi connectivity index (χ3n) is 5.68. The second kappa shape index (κ2) is 14.6. The summed E-state index contributed by atoms with van der Waals surface area (Å²) in [7, 11) is 0. The second-order valence-corrected chi connectivity index (χ2v) is 8.69. The molecule has 0 aliphatic carbocycles. The first-order valence-corrected chi connectivity index (χ1v) is 12.7. The van der Waals surface area contributed by atoms with Gasteiger partial charge in [0.05, 0.1) is 45.8 Å². The molecule has 0 saturated heterocycles. The van der Waals surface area contributed by atoms with Gasteiger partial charge in [-0.1, -0.05) is 0 Å². The van der Waals surface area contributed by atoms with Gasteiger partial charge in [0.15, 0.2) is 0 Å². The van der Waals surface area contributed by atoms with Crippen molar-refractivity contribution in [1.82, 2.24) is 0 Å². The van der Waals surface area contributed by atoms with E-state index >= 15 is 0 Å². The van der Waals surface area contributed by atoms with Crippen molar-refractivity contribution in [2.75, 3.05) is 13.2 Å². The summed E-state index contributed by atoms with van der Waals surface area (Å²) < 4.78 is 11.6. The normalized spacial score (nSPS) is 11.1. The second-order valence-electron chi connectivity index (χ2n) is 8.69. The molecule has 0 spiro atoms. The summed E-state index contributed by atoms with van der Waals surface area (Å²) in [6.45, 7) is 1.16. The van der Waals surface area contributed by atoms with Crippen molar-refractivity contribution in [2.45, 2.75) is 19.3 Å². The van der Waals surface area contributed by atoms with Gasteiger partial charge in [0.25, 0.3) is 11.4 Å².